The van der Waals surface area contributed by atoms with Crippen LogP contribution in [0.1, 0.15) is 58.8 Å². The molecule has 1 saturated carbocycles. The first-order valence-electron chi connectivity index (χ1n) is 6.61. The molecule has 0 aliphatic heterocycles. The Morgan fingerprint density at radius 1 is 1.18 bits per heavy atom. The van der Waals surface area contributed by atoms with Crippen LogP contribution in [-0.4, -0.2) is 22.5 Å². The van der Waals surface area contributed by atoms with E-state index in [1.54, 1.807) is 13.8 Å². The van der Waals surface area contributed by atoms with Gasteiger partial charge in [0.05, 0.1) is 0 Å². The fourth-order valence-corrected chi connectivity index (χ4v) is 2.49. The molecule has 1 aliphatic carbocycles. The molecule has 0 unspecified atom stereocenters. The van der Waals surface area contributed by atoms with Crippen LogP contribution in [0, 0.1) is 5.92 Å². The zero-order valence-electron chi connectivity index (χ0n) is 10.8. The summed E-state index contributed by atoms with van der Waals surface area (Å²) in [4.78, 5) is 23.3. The predicted octanol–water partition coefficient (Wildman–Crippen LogP) is 2.33. The smallest absolute Gasteiger partial charge is 0.329 e. The van der Waals surface area contributed by atoms with E-state index in [-0.39, 0.29) is 11.8 Å². The van der Waals surface area contributed by atoms with Gasteiger partial charge in [0.2, 0.25) is 5.91 Å². The van der Waals surface area contributed by atoms with Gasteiger partial charge in [-0.1, -0.05) is 33.1 Å². The minimum Gasteiger partial charge on any atom is -0.480 e. The van der Waals surface area contributed by atoms with Gasteiger partial charge in [-0.15, -0.1) is 0 Å². The summed E-state index contributed by atoms with van der Waals surface area (Å²) in [7, 11) is 0. The number of carbonyl (C=O) groups is 2. The van der Waals surface area contributed by atoms with E-state index in [1.165, 1.54) is 6.42 Å². The second-order valence-electron chi connectivity index (χ2n) is 4.92. The van der Waals surface area contributed by atoms with Crippen LogP contribution in [0.2, 0.25) is 0 Å². The summed E-state index contributed by atoms with van der Waals surface area (Å²) in [6.45, 7) is 3.61. The molecule has 17 heavy (non-hydrogen) atoms. The number of aliphatic carboxylic acids is 1. The molecule has 0 saturated heterocycles. The maximum Gasteiger partial charge on any atom is 0.329 e. The van der Waals surface area contributed by atoms with Crippen molar-refractivity contribution in [3.05, 3.63) is 0 Å². The third kappa shape index (κ3) is 3.20. The molecule has 0 radical (unpaired) electrons. The SMILES string of the molecule is CCC(CC)(NC(=O)C1CCCCC1)C(=O)O. The molecule has 0 atom stereocenters. The normalized spacial score (nSPS) is 17.8. The summed E-state index contributed by atoms with van der Waals surface area (Å²) in [6, 6.07) is 0. The van der Waals surface area contributed by atoms with Crippen molar-refractivity contribution < 1.29 is 14.7 Å². The van der Waals surface area contributed by atoms with Crippen molar-refractivity contribution in [1.82, 2.24) is 5.32 Å². The highest BCUT2D eigenvalue weighted by Crippen LogP contribution is 2.25. The molecule has 2 N–H and O–H groups in total. The molecule has 98 valence electrons. The van der Waals surface area contributed by atoms with Crippen molar-refractivity contribution in [3.8, 4) is 0 Å². The molecule has 0 aromatic rings. The third-order valence-electron chi connectivity index (χ3n) is 3.95. The van der Waals surface area contributed by atoms with Crippen LogP contribution in [-0.2, 0) is 9.59 Å². The quantitative estimate of drug-likeness (QED) is 0.776. The van der Waals surface area contributed by atoms with Crippen molar-refractivity contribution in [3.63, 3.8) is 0 Å². The summed E-state index contributed by atoms with van der Waals surface area (Å²) >= 11 is 0. The third-order valence-corrected chi connectivity index (χ3v) is 3.95. The number of hydrogen-bond acceptors (Lipinski definition) is 2. The zero-order chi connectivity index (χ0) is 12.9. The second kappa shape index (κ2) is 6.03. The van der Waals surface area contributed by atoms with E-state index in [9.17, 15) is 14.7 Å². The van der Waals surface area contributed by atoms with Crippen LogP contribution in [0.4, 0.5) is 0 Å². The number of nitrogens with one attached hydrogen (secondary N) is 1. The van der Waals surface area contributed by atoms with Crippen molar-refractivity contribution in [1.29, 1.82) is 0 Å². The molecular formula is C13H23NO3. The molecule has 0 aromatic carbocycles. The Balaban J connectivity index is 2.66. The molecule has 4 nitrogen and oxygen atoms in total. The van der Waals surface area contributed by atoms with Gasteiger partial charge in [-0.3, -0.25) is 4.79 Å². The number of amides is 1. The van der Waals surface area contributed by atoms with E-state index in [2.05, 4.69) is 5.32 Å². The fourth-order valence-electron chi connectivity index (χ4n) is 2.49. The van der Waals surface area contributed by atoms with Crippen molar-refractivity contribution in [2.45, 2.75) is 64.3 Å². The Labute approximate surface area is 103 Å². The Bertz CT molecular complexity index is 278. The van der Waals surface area contributed by atoms with Gasteiger partial charge < -0.3 is 10.4 Å². The molecule has 1 amide bonds. The lowest BCUT2D eigenvalue weighted by molar-refractivity contribution is -0.149. The van der Waals surface area contributed by atoms with Gasteiger partial charge in [0.25, 0.3) is 0 Å². The van der Waals surface area contributed by atoms with Crippen LogP contribution in [0.15, 0.2) is 0 Å². The molecule has 0 aromatic heterocycles. The average Bonchev–Trinajstić information content (AvgIpc) is 2.36. The first-order valence-corrected chi connectivity index (χ1v) is 6.61. The summed E-state index contributed by atoms with van der Waals surface area (Å²) < 4.78 is 0. The van der Waals surface area contributed by atoms with Crippen LogP contribution < -0.4 is 5.32 Å². The number of rotatable bonds is 5. The predicted molar refractivity (Wildman–Crippen MR) is 65.7 cm³/mol. The van der Waals surface area contributed by atoms with Crippen LogP contribution in [0.25, 0.3) is 0 Å². The molecule has 1 aliphatic rings. The monoisotopic (exact) mass is 241 g/mol. The summed E-state index contributed by atoms with van der Waals surface area (Å²) in [5.41, 5.74) is -1.07. The van der Waals surface area contributed by atoms with Gasteiger partial charge in [-0.2, -0.15) is 0 Å². The maximum absolute atomic E-state index is 12.1. The van der Waals surface area contributed by atoms with E-state index in [0.29, 0.717) is 12.8 Å². The molecule has 4 heteroatoms. The molecule has 0 heterocycles. The van der Waals surface area contributed by atoms with Crippen molar-refractivity contribution in [2.75, 3.05) is 0 Å². The minimum atomic E-state index is -1.07. The number of hydrogen-bond donors (Lipinski definition) is 2. The van der Waals surface area contributed by atoms with Crippen molar-refractivity contribution in [2.24, 2.45) is 5.92 Å². The van der Waals surface area contributed by atoms with Gasteiger partial charge in [-0.05, 0) is 25.7 Å². The van der Waals surface area contributed by atoms with Crippen LogP contribution in [0.3, 0.4) is 0 Å². The molecule has 0 spiro atoms. The Morgan fingerprint density at radius 3 is 2.12 bits per heavy atom. The average molecular weight is 241 g/mol. The van der Waals surface area contributed by atoms with Gasteiger partial charge in [0.15, 0.2) is 0 Å². The second-order valence-corrected chi connectivity index (χ2v) is 4.92. The van der Waals surface area contributed by atoms with Crippen molar-refractivity contribution >= 4 is 11.9 Å². The summed E-state index contributed by atoms with van der Waals surface area (Å²) in [5, 5.41) is 12.0. The van der Waals surface area contributed by atoms with Gasteiger partial charge >= 0.3 is 5.97 Å². The summed E-state index contributed by atoms with van der Waals surface area (Å²) in [6.07, 6.45) is 6.00. The van der Waals surface area contributed by atoms with Crippen LogP contribution in [0.5, 0.6) is 0 Å². The van der Waals surface area contributed by atoms with E-state index in [4.69, 9.17) is 0 Å². The lowest BCUT2D eigenvalue weighted by atomic mass is 9.86. The van der Waals surface area contributed by atoms with Gasteiger partial charge in [-0.25, -0.2) is 4.79 Å². The first kappa shape index (κ1) is 14.0. The Kier molecular flexibility index (Phi) is 4.97. The lowest BCUT2D eigenvalue weighted by Gasteiger charge is -2.31. The van der Waals surface area contributed by atoms with E-state index in [0.717, 1.165) is 25.7 Å². The zero-order valence-corrected chi connectivity index (χ0v) is 10.8. The Hall–Kier alpha value is -1.06. The molecule has 1 rings (SSSR count). The lowest BCUT2D eigenvalue weighted by Crippen LogP contribution is -2.55. The largest absolute Gasteiger partial charge is 0.480 e. The molecule has 0 bridgehead atoms. The first-order chi connectivity index (χ1) is 8.05. The van der Waals surface area contributed by atoms with E-state index < -0.39 is 11.5 Å². The molecular weight excluding hydrogens is 218 g/mol. The minimum absolute atomic E-state index is 0.0144. The van der Waals surface area contributed by atoms with E-state index >= 15 is 0 Å². The topological polar surface area (TPSA) is 66.4 Å². The number of carboxylic acid groups (broad SMARTS) is 1. The van der Waals surface area contributed by atoms with Gasteiger partial charge in [0.1, 0.15) is 5.54 Å². The summed E-state index contributed by atoms with van der Waals surface area (Å²) in [5.74, 6) is -0.983. The van der Waals surface area contributed by atoms with E-state index in [1.807, 2.05) is 0 Å². The highest BCUT2D eigenvalue weighted by atomic mass is 16.4. The molecule has 1 fully saturated rings. The van der Waals surface area contributed by atoms with Crippen LogP contribution >= 0.6 is 0 Å². The number of carboxylic acids is 1. The highest BCUT2D eigenvalue weighted by Gasteiger charge is 2.38. The number of carbonyl (C=O) groups excluding carboxylic acids is 1. The van der Waals surface area contributed by atoms with Gasteiger partial charge in [0, 0.05) is 5.92 Å². The maximum atomic E-state index is 12.1. The standard InChI is InChI=1S/C13H23NO3/c1-3-13(4-2,12(16)17)14-11(15)10-8-6-5-7-9-10/h10H,3-9H2,1-2H3,(H,14,15)(H,16,17). The Morgan fingerprint density at radius 2 is 1.71 bits per heavy atom. The fraction of sp³-hybridized carbons (Fsp3) is 0.846. The highest BCUT2D eigenvalue weighted by molar-refractivity contribution is 5.88.